The van der Waals surface area contributed by atoms with Crippen molar-refractivity contribution in [2.75, 3.05) is 11.5 Å². The van der Waals surface area contributed by atoms with Gasteiger partial charge in [-0.15, -0.1) is 0 Å². The number of benzene rings is 4. The lowest BCUT2D eigenvalue weighted by atomic mass is 10.1. The van der Waals surface area contributed by atoms with Gasteiger partial charge in [0.1, 0.15) is 12.4 Å². The lowest BCUT2D eigenvalue weighted by Gasteiger charge is -2.25. The summed E-state index contributed by atoms with van der Waals surface area (Å²) in [6, 6.07) is 35.7. The number of esters is 1. The molecule has 0 saturated carbocycles. The van der Waals surface area contributed by atoms with Crippen molar-refractivity contribution in [3.63, 3.8) is 0 Å². The van der Waals surface area contributed by atoms with Gasteiger partial charge in [0.25, 0.3) is 0 Å². The molecule has 0 N–H and O–H groups in total. The van der Waals surface area contributed by atoms with E-state index in [-0.39, 0.29) is 13.2 Å². The number of hydrogen-bond donors (Lipinski definition) is 0. The molecular weight excluding hydrogens is 466 g/mol. The third-order valence-corrected chi connectivity index (χ3v) is 5.32. The molecule has 32 heavy (non-hydrogen) atoms. The molecule has 0 aliphatic rings. The third kappa shape index (κ3) is 5.77. The topological polar surface area (TPSA) is 38.8 Å². The Morgan fingerprint density at radius 2 is 1.22 bits per heavy atom. The van der Waals surface area contributed by atoms with E-state index in [0.29, 0.717) is 5.75 Å². The van der Waals surface area contributed by atoms with Gasteiger partial charge in [-0.25, -0.2) is 4.79 Å². The van der Waals surface area contributed by atoms with E-state index in [9.17, 15) is 4.79 Å². The van der Waals surface area contributed by atoms with Crippen LogP contribution in [0.4, 0.5) is 17.1 Å². The Morgan fingerprint density at radius 3 is 1.78 bits per heavy atom. The van der Waals surface area contributed by atoms with Crippen LogP contribution >= 0.6 is 15.9 Å². The molecule has 0 unspecified atom stereocenters. The Labute approximate surface area is 196 Å². The first kappa shape index (κ1) is 21.7. The quantitative estimate of drug-likeness (QED) is 0.250. The molecule has 4 rings (SSSR count). The fourth-order valence-corrected chi connectivity index (χ4v) is 3.49. The van der Waals surface area contributed by atoms with Crippen molar-refractivity contribution in [1.29, 1.82) is 0 Å². The second-order valence-corrected chi connectivity index (χ2v) is 7.99. The maximum atomic E-state index is 12.0. The molecular formula is C27H22BrNO3. The fraction of sp³-hybridized carbons (Fsp3) is 0.0741. The van der Waals surface area contributed by atoms with Crippen LogP contribution in [0.3, 0.4) is 0 Å². The Kier molecular flexibility index (Phi) is 7.20. The molecule has 0 spiro atoms. The van der Waals surface area contributed by atoms with Crippen LogP contribution in [0.2, 0.25) is 0 Å². The van der Waals surface area contributed by atoms with Crippen LogP contribution in [0.1, 0.15) is 5.56 Å². The highest BCUT2D eigenvalue weighted by Gasteiger charge is 2.12. The lowest BCUT2D eigenvalue weighted by Crippen LogP contribution is -2.14. The molecule has 0 aromatic heterocycles. The second-order valence-electron chi connectivity index (χ2n) is 7.08. The van der Waals surface area contributed by atoms with E-state index in [2.05, 4.69) is 45.1 Å². The van der Waals surface area contributed by atoms with Gasteiger partial charge in [0, 0.05) is 21.5 Å². The molecule has 0 fully saturated rings. The van der Waals surface area contributed by atoms with E-state index in [4.69, 9.17) is 9.47 Å². The van der Waals surface area contributed by atoms with Crippen molar-refractivity contribution in [1.82, 2.24) is 0 Å². The molecule has 0 bridgehead atoms. The predicted molar refractivity (Wildman–Crippen MR) is 131 cm³/mol. The number of halogens is 1. The zero-order chi connectivity index (χ0) is 22.2. The molecule has 0 saturated heterocycles. The summed E-state index contributed by atoms with van der Waals surface area (Å²) in [7, 11) is 0. The van der Waals surface area contributed by atoms with Crippen LogP contribution in [0, 0.1) is 0 Å². The SMILES string of the molecule is O=C(COc1ccc(Br)cc1)OCc1ccc(N(c2ccccc2)c2ccccc2)cc1. The van der Waals surface area contributed by atoms with Gasteiger partial charge in [-0.05, 0) is 66.2 Å². The Balaban J connectivity index is 1.39. The molecule has 0 atom stereocenters. The van der Waals surface area contributed by atoms with Crippen molar-refractivity contribution in [3.05, 3.63) is 119 Å². The number of para-hydroxylation sites is 2. The smallest absolute Gasteiger partial charge is 0.344 e. The minimum atomic E-state index is -0.410. The maximum absolute atomic E-state index is 12.0. The largest absolute Gasteiger partial charge is 0.482 e. The van der Waals surface area contributed by atoms with Crippen LogP contribution < -0.4 is 9.64 Å². The average molecular weight is 488 g/mol. The summed E-state index contributed by atoms with van der Waals surface area (Å²) in [6.07, 6.45) is 0. The highest BCUT2D eigenvalue weighted by Crippen LogP contribution is 2.34. The molecule has 5 heteroatoms. The normalized spacial score (nSPS) is 10.4. The van der Waals surface area contributed by atoms with E-state index in [1.807, 2.05) is 72.8 Å². The zero-order valence-corrected chi connectivity index (χ0v) is 18.9. The van der Waals surface area contributed by atoms with Crippen molar-refractivity contribution in [3.8, 4) is 5.75 Å². The number of anilines is 3. The van der Waals surface area contributed by atoms with Gasteiger partial charge in [-0.2, -0.15) is 0 Å². The van der Waals surface area contributed by atoms with Gasteiger partial charge in [0.05, 0.1) is 0 Å². The van der Waals surface area contributed by atoms with Crippen molar-refractivity contribution >= 4 is 39.0 Å². The van der Waals surface area contributed by atoms with E-state index < -0.39 is 5.97 Å². The standard InChI is InChI=1S/C27H22BrNO3/c28-22-13-17-26(18-14-22)31-20-27(30)32-19-21-11-15-25(16-12-21)29(23-7-3-1-4-8-23)24-9-5-2-6-10-24/h1-18H,19-20H2. The minimum Gasteiger partial charge on any atom is -0.482 e. The number of carbonyl (C=O) groups excluding carboxylic acids is 1. The summed E-state index contributed by atoms with van der Waals surface area (Å²) in [4.78, 5) is 14.2. The first-order valence-electron chi connectivity index (χ1n) is 10.2. The molecule has 0 aliphatic heterocycles. The summed E-state index contributed by atoms with van der Waals surface area (Å²) < 4.78 is 11.8. The van der Waals surface area contributed by atoms with Crippen LogP contribution in [0.25, 0.3) is 0 Å². The van der Waals surface area contributed by atoms with Gasteiger partial charge in [0.2, 0.25) is 0 Å². The maximum Gasteiger partial charge on any atom is 0.344 e. The molecule has 160 valence electrons. The molecule has 4 nitrogen and oxygen atoms in total. The molecule has 0 amide bonds. The molecule has 4 aromatic rings. The third-order valence-electron chi connectivity index (χ3n) is 4.79. The number of rotatable bonds is 8. The van der Waals surface area contributed by atoms with Crippen LogP contribution in [0.5, 0.6) is 5.75 Å². The lowest BCUT2D eigenvalue weighted by molar-refractivity contribution is -0.147. The Bertz CT molecular complexity index is 1090. The fourth-order valence-electron chi connectivity index (χ4n) is 3.22. The Hall–Kier alpha value is -3.57. The van der Waals surface area contributed by atoms with Crippen molar-refractivity contribution in [2.45, 2.75) is 6.61 Å². The minimum absolute atomic E-state index is 0.129. The number of nitrogens with zero attached hydrogens (tertiary/aromatic N) is 1. The second kappa shape index (κ2) is 10.6. The van der Waals surface area contributed by atoms with Crippen LogP contribution in [-0.4, -0.2) is 12.6 Å². The number of carbonyl (C=O) groups is 1. The number of ether oxygens (including phenoxy) is 2. The van der Waals surface area contributed by atoms with Crippen molar-refractivity contribution < 1.29 is 14.3 Å². The summed E-state index contributed by atoms with van der Waals surface area (Å²) >= 11 is 3.37. The predicted octanol–water partition coefficient (Wildman–Crippen LogP) is 7.04. The highest BCUT2D eigenvalue weighted by molar-refractivity contribution is 9.10. The Morgan fingerprint density at radius 1 is 0.688 bits per heavy atom. The summed E-state index contributed by atoms with van der Waals surface area (Å²) in [6.45, 7) is 0.0645. The molecule has 0 aliphatic carbocycles. The first-order chi connectivity index (χ1) is 15.7. The van der Waals surface area contributed by atoms with Gasteiger partial charge in [0.15, 0.2) is 6.61 Å². The highest BCUT2D eigenvalue weighted by atomic mass is 79.9. The van der Waals surface area contributed by atoms with Crippen molar-refractivity contribution in [2.24, 2.45) is 0 Å². The number of hydrogen-bond acceptors (Lipinski definition) is 4. The monoisotopic (exact) mass is 487 g/mol. The van der Waals surface area contributed by atoms with Gasteiger partial charge < -0.3 is 14.4 Å². The van der Waals surface area contributed by atoms with Crippen LogP contribution in [-0.2, 0) is 16.1 Å². The van der Waals surface area contributed by atoms with E-state index in [1.54, 1.807) is 12.1 Å². The van der Waals surface area contributed by atoms with E-state index >= 15 is 0 Å². The summed E-state index contributed by atoms with van der Waals surface area (Å²) in [5.74, 6) is 0.212. The van der Waals surface area contributed by atoms with Gasteiger partial charge in [-0.1, -0.05) is 64.5 Å². The summed E-state index contributed by atoms with van der Waals surface area (Å²) in [5.41, 5.74) is 4.08. The average Bonchev–Trinajstić information content (AvgIpc) is 2.85. The summed E-state index contributed by atoms with van der Waals surface area (Å²) in [5, 5.41) is 0. The molecule has 0 heterocycles. The van der Waals surface area contributed by atoms with Gasteiger partial charge in [-0.3, -0.25) is 0 Å². The van der Waals surface area contributed by atoms with E-state index in [0.717, 1.165) is 27.1 Å². The van der Waals surface area contributed by atoms with Gasteiger partial charge >= 0.3 is 5.97 Å². The molecule has 4 aromatic carbocycles. The van der Waals surface area contributed by atoms with Crippen LogP contribution in [0.15, 0.2) is 114 Å². The first-order valence-corrected chi connectivity index (χ1v) is 11.0. The zero-order valence-electron chi connectivity index (χ0n) is 17.4. The van der Waals surface area contributed by atoms with E-state index in [1.165, 1.54) is 0 Å². The molecule has 0 radical (unpaired) electrons.